The van der Waals surface area contributed by atoms with Gasteiger partial charge in [0.1, 0.15) is 0 Å². The molecular formula is C20H23N5O2. The van der Waals surface area contributed by atoms with Crippen LogP contribution >= 0.6 is 0 Å². The summed E-state index contributed by atoms with van der Waals surface area (Å²) < 4.78 is 5.52. The van der Waals surface area contributed by atoms with E-state index < -0.39 is 6.10 Å². The number of benzene rings is 1. The van der Waals surface area contributed by atoms with Crippen LogP contribution in [-0.2, 0) is 6.54 Å². The molecule has 1 aliphatic rings. The smallest absolute Gasteiger partial charge is 0.244 e. The van der Waals surface area contributed by atoms with Crippen molar-refractivity contribution >= 4 is 5.69 Å². The molecule has 1 aliphatic heterocycles. The third-order valence-corrected chi connectivity index (χ3v) is 4.87. The molecule has 3 aromatic rings. The summed E-state index contributed by atoms with van der Waals surface area (Å²) in [4.78, 5) is 12.9. The summed E-state index contributed by atoms with van der Waals surface area (Å²) in [6.07, 6.45) is 3.61. The van der Waals surface area contributed by atoms with Crippen molar-refractivity contribution in [3.8, 4) is 11.4 Å². The average molecular weight is 365 g/mol. The van der Waals surface area contributed by atoms with E-state index in [1.165, 1.54) is 5.56 Å². The molecule has 2 aromatic heterocycles. The second-order valence-electron chi connectivity index (χ2n) is 7.09. The topological polar surface area (TPSA) is 78.5 Å². The van der Waals surface area contributed by atoms with Crippen LogP contribution in [0.15, 0.2) is 53.3 Å². The van der Waals surface area contributed by atoms with Crippen molar-refractivity contribution in [1.82, 2.24) is 20.0 Å². The van der Waals surface area contributed by atoms with E-state index in [-0.39, 0.29) is 6.04 Å². The maximum atomic E-state index is 10.2. The minimum absolute atomic E-state index is 0.0913. The number of nitrogens with zero attached hydrogens (tertiary/aromatic N) is 5. The predicted octanol–water partition coefficient (Wildman–Crippen LogP) is 2.51. The maximum absolute atomic E-state index is 10.2. The molecule has 4 rings (SSSR count). The first kappa shape index (κ1) is 17.6. The van der Waals surface area contributed by atoms with Gasteiger partial charge in [0, 0.05) is 50.8 Å². The summed E-state index contributed by atoms with van der Waals surface area (Å²) in [6, 6.07) is 12.1. The van der Waals surface area contributed by atoms with Crippen LogP contribution in [-0.4, -0.2) is 51.9 Å². The highest BCUT2D eigenvalue weighted by Gasteiger charge is 2.35. The SMILES string of the molecule is CN(C)c1ccc(CN2C[C@H](O)C[C@H]2c2nc(-c3cccnc3)no2)cc1. The molecule has 0 radical (unpaired) electrons. The molecule has 7 nitrogen and oxygen atoms in total. The van der Waals surface area contributed by atoms with Crippen LogP contribution in [0.4, 0.5) is 5.69 Å². The lowest BCUT2D eigenvalue weighted by molar-refractivity contribution is 0.169. The molecule has 0 aliphatic carbocycles. The van der Waals surface area contributed by atoms with Gasteiger partial charge in [-0.25, -0.2) is 0 Å². The molecule has 0 amide bonds. The van der Waals surface area contributed by atoms with E-state index in [1.807, 2.05) is 26.2 Å². The summed E-state index contributed by atoms with van der Waals surface area (Å²) in [6.45, 7) is 1.31. The zero-order valence-electron chi connectivity index (χ0n) is 15.5. The zero-order chi connectivity index (χ0) is 18.8. The Balaban J connectivity index is 1.52. The lowest BCUT2D eigenvalue weighted by Gasteiger charge is -2.21. The van der Waals surface area contributed by atoms with Gasteiger partial charge in [0.15, 0.2) is 0 Å². The Morgan fingerprint density at radius 2 is 2.04 bits per heavy atom. The monoisotopic (exact) mass is 365 g/mol. The number of pyridine rings is 1. The molecule has 2 atom stereocenters. The average Bonchev–Trinajstić information content (AvgIpc) is 3.29. The van der Waals surface area contributed by atoms with Crippen LogP contribution in [0.25, 0.3) is 11.4 Å². The summed E-state index contributed by atoms with van der Waals surface area (Å²) in [5.41, 5.74) is 3.17. The Bertz CT molecular complexity index is 879. The fraction of sp³-hybridized carbons (Fsp3) is 0.350. The Hall–Kier alpha value is -2.77. The van der Waals surface area contributed by atoms with Crippen LogP contribution < -0.4 is 4.90 Å². The van der Waals surface area contributed by atoms with Crippen molar-refractivity contribution in [3.63, 3.8) is 0 Å². The molecule has 7 heteroatoms. The number of aliphatic hydroxyl groups excluding tert-OH is 1. The Morgan fingerprint density at radius 3 is 2.74 bits per heavy atom. The van der Waals surface area contributed by atoms with Crippen molar-refractivity contribution in [2.75, 3.05) is 25.5 Å². The van der Waals surface area contributed by atoms with Gasteiger partial charge in [0.25, 0.3) is 0 Å². The summed E-state index contributed by atoms with van der Waals surface area (Å²) in [5, 5.41) is 14.3. The number of rotatable bonds is 5. The first-order chi connectivity index (χ1) is 13.1. The van der Waals surface area contributed by atoms with Crippen LogP contribution in [0.2, 0.25) is 0 Å². The normalized spacial score (nSPS) is 20.1. The maximum Gasteiger partial charge on any atom is 0.244 e. The van der Waals surface area contributed by atoms with Crippen LogP contribution in [0, 0.1) is 0 Å². The van der Waals surface area contributed by atoms with Gasteiger partial charge >= 0.3 is 0 Å². The molecule has 1 fully saturated rings. The standard InChI is InChI=1S/C20H23N5O2/c1-24(2)16-7-5-14(6-8-16)12-25-13-17(26)10-18(25)20-22-19(23-27-20)15-4-3-9-21-11-15/h3-9,11,17-18,26H,10,12-13H2,1-2H3/t17-,18+/m1/s1. The molecular weight excluding hydrogens is 342 g/mol. The third kappa shape index (κ3) is 3.84. The van der Waals surface area contributed by atoms with Gasteiger partial charge in [-0.3, -0.25) is 9.88 Å². The minimum Gasteiger partial charge on any atom is -0.392 e. The molecule has 0 spiro atoms. The number of β-amino-alcohol motifs (C(OH)–C–C–N with tert-alkyl or cyclic N) is 1. The number of hydrogen-bond donors (Lipinski definition) is 1. The van der Waals surface area contributed by atoms with Gasteiger partial charge in [-0.15, -0.1) is 0 Å². The van der Waals surface area contributed by atoms with Crippen molar-refractivity contribution in [3.05, 3.63) is 60.2 Å². The molecule has 0 bridgehead atoms. The van der Waals surface area contributed by atoms with Crippen LogP contribution in [0.1, 0.15) is 23.9 Å². The third-order valence-electron chi connectivity index (χ3n) is 4.87. The van der Waals surface area contributed by atoms with E-state index in [2.05, 4.69) is 49.2 Å². The van der Waals surface area contributed by atoms with E-state index in [1.54, 1.807) is 12.4 Å². The molecule has 27 heavy (non-hydrogen) atoms. The molecule has 1 saturated heterocycles. The minimum atomic E-state index is -0.398. The van der Waals surface area contributed by atoms with Crippen molar-refractivity contribution in [2.45, 2.75) is 25.1 Å². The molecule has 1 N–H and O–H groups in total. The quantitative estimate of drug-likeness (QED) is 0.744. The van der Waals surface area contributed by atoms with Gasteiger partial charge in [-0.05, 0) is 36.2 Å². The fourth-order valence-electron chi connectivity index (χ4n) is 3.43. The molecule has 1 aromatic carbocycles. The zero-order valence-corrected chi connectivity index (χ0v) is 15.5. The number of aliphatic hydroxyl groups is 1. The number of hydrogen-bond acceptors (Lipinski definition) is 7. The van der Waals surface area contributed by atoms with Crippen molar-refractivity contribution in [1.29, 1.82) is 0 Å². The van der Waals surface area contributed by atoms with Crippen molar-refractivity contribution < 1.29 is 9.63 Å². The van der Waals surface area contributed by atoms with Crippen LogP contribution in [0.3, 0.4) is 0 Å². The number of likely N-dealkylation sites (tertiary alicyclic amines) is 1. The predicted molar refractivity (Wildman–Crippen MR) is 102 cm³/mol. The Labute approximate surface area is 158 Å². The molecule has 0 saturated carbocycles. The summed E-state index contributed by atoms with van der Waals surface area (Å²) >= 11 is 0. The molecule has 0 unspecified atom stereocenters. The summed E-state index contributed by atoms with van der Waals surface area (Å²) in [5.74, 6) is 1.06. The van der Waals surface area contributed by atoms with E-state index in [0.717, 1.165) is 17.8 Å². The molecule has 3 heterocycles. The highest BCUT2D eigenvalue weighted by atomic mass is 16.5. The lowest BCUT2D eigenvalue weighted by atomic mass is 10.1. The van der Waals surface area contributed by atoms with Gasteiger partial charge in [-0.2, -0.15) is 4.98 Å². The summed E-state index contributed by atoms with van der Waals surface area (Å²) in [7, 11) is 4.05. The first-order valence-electron chi connectivity index (χ1n) is 9.02. The second kappa shape index (κ2) is 7.46. The van der Waals surface area contributed by atoms with Gasteiger partial charge in [0.05, 0.1) is 12.1 Å². The van der Waals surface area contributed by atoms with Crippen molar-refractivity contribution in [2.24, 2.45) is 0 Å². The Morgan fingerprint density at radius 1 is 1.22 bits per heavy atom. The molecule has 140 valence electrons. The van der Waals surface area contributed by atoms with E-state index in [9.17, 15) is 5.11 Å². The number of aromatic nitrogens is 3. The van der Waals surface area contributed by atoms with Gasteiger partial charge < -0.3 is 14.5 Å². The van der Waals surface area contributed by atoms with Crippen LogP contribution in [0.5, 0.6) is 0 Å². The van der Waals surface area contributed by atoms with E-state index >= 15 is 0 Å². The first-order valence-corrected chi connectivity index (χ1v) is 9.02. The van der Waals surface area contributed by atoms with E-state index in [4.69, 9.17) is 4.52 Å². The number of anilines is 1. The van der Waals surface area contributed by atoms with Gasteiger partial charge in [0.2, 0.25) is 11.7 Å². The highest BCUT2D eigenvalue weighted by molar-refractivity contribution is 5.52. The second-order valence-corrected chi connectivity index (χ2v) is 7.09. The fourth-order valence-corrected chi connectivity index (χ4v) is 3.43. The van der Waals surface area contributed by atoms with Gasteiger partial charge in [-0.1, -0.05) is 17.3 Å². The highest BCUT2D eigenvalue weighted by Crippen LogP contribution is 2.33. The largest absolute Gasteiger partial charge is 0.392 e. The van der Waals surface area contributed by atoms with E-state index in [0.29, 0.717) is 24.7 Å². The Kier molecular flexibility index (Phi) is 4.87. The lowest BCUT2D eigenvalue weighted by Crippen LogP contribution is -2.24.